The second-order valence-electron chi connectivity index (χ2n) is 13.4. The SMILES string of the molecule is O=C1CCC(N2Cc3cc(C4CCN(Cc5ccc(C(F)(F)F)cc5)CC45CCN(Cc4ccccc4)C5)ccc3C2=O)C(=O)N1. The number of rotatable bonds is 6. The number of imide groups is 1. The minimum absolute atomic E-state index is 0.0703. The van der Waals surface area contributed by atoms with Gasteiger partial charge < -0.3 is 4.90 Å². The maximum atomic E-state index is 13.4. The number of likely N-dealkylation sites (tertiary alicyclic amines) is 2. The van der Waals surface area contributed by atoms with Gasteiger partial charge in [0, 0.05) is 50.1 Å². The van der Waals surface area contributed by atoms with Crippen LogP contribution < -0.4 is 5.32 Å². The molecule has 3 aromatic carbocycles. The maximum absolute atomic E-state index is 13.4. The number of benzene rings is 3. The molecule has 3 unspecified atom stereocenters. The van der Waals surface area contributed by atoms with Crippen molar-refractivity contribution >= 4 is 17.7 Å². The highest BCUT2D eigenvalue weighted by Crippen LogP contribution is 2.50. The normalized spacial score (nSPS) is 25.7. The number of fused-ring (bicyclic) bond motifs is 1. The van der Waals surface area contributed by atoms with Gasteiger partial charge in [0.1, 0.15) is 6.04 Å². The first kappa shape index (κ1) is 30.6. The molecule has 0 bridgehead atoms. The highest BCUT2D eigenvalue weighted by Gasteiger charge is 2.49. The van der Waals surface area contributed by atoms with Crippen molar-refractivity contribution < 1.29 is 27.6 Å². The third kappa shape index (κ3) is 5.96. The molecule has 4 aliphatic heterocycles. The van der Waals surface area contributed by atoms with Crippen LogP contribution >= 0.6 is 0 Å². The van der Waals surface area contributed by atoms with E-state index in [2.05, 4.69) is 51.5 Å². The van der Waals surface area contributed by atoms with E-state index in [4.69, 9.17) is 0 Å². The fraction of sp³-hybridized carbons (Fsp3) is 0.417. The van der Waals surface area contributed by atoms with E-state index >= 15 is 0 Å². The molecule has 3 saturated heterocycles. The van der Waals surface area contributed by atoms with Gasteiger partial charge in [-0.15, -0.1) is 0 Å². The third-order valence-corrected chi connectivity index (χ3v) is 10.4. The minimum Gasteiger partial charge on any atom is -0.322 e. The average molecular weight is 631 g/mol. The molecule has 7 rings (SSSR count). The van der Waals surface area contributed by atoms with Crippen molar-refractivity contribution in [3.63, 3.8) is 0 Å². The molecule has 1 spiro atoms. The van der Waals surface area contributed by atoms with Crippen LogP contribution in [0.3, 0.4) is 0 Å². The van der Waals surface area contributed by atoms with Crippen LogP contribution in [0.2, 0.25) is 0 Å². The van der Waals surface area contributed by atoms with Gasteiger partial charge in [0.25, 0.3) is 5.91 Å². The Morgan fingerprint density at radius 2 is 1.52 bits per heavy atom. The number of halogens is 3. The molecule has 240 valence electrons. The molecule has 10 heteroatoms. The number of piperidine rings is 2. The molecule has 1 N–H and O–H groups in total. The maximum Gasteiger partial charge on any atom is 0.416 e. The van der Waals surface area contributed by atoms with Crippen LogP contribution in [0, 0.1) is 5.41 Å². The lowest BCUT2D eigenvalue weighted by Crippen LogP contribution is -2.52. The van der Waals surface area contributed by atoms with E-state index in [9.17, 15) is 27.6 Å². The van der Waals surface area contributed by atoms with E-state index in [1.807, 2.05) is 12.1 Å². The van der Waals surface area contributed by atoms with Gasteiger partial charge in [-0.2, -0.15) is 13.2 Å². The summed E-state index contributed by atoms with van der Waals surface area (Å²) in [5.41, 5.74) is 4.13. The predicted octanol–water partition coefficient (Wildman–Crippen LogP) is 5.35. The van der Waals surface area contributed by atoms with E-state index in [-0.39, 0.29) is 29.6 Å². The third-order valence-electron chi connectivity index (χ3n) is 10.4. The zero-order valence-electron chi connectivity index (χ0n) is 25.6. The zero-order chi connectivity index (χ0) is 32.1. The smallest absolute Gasteiger partial charge is 0.322 e. The van der Waals surface area contributed by atoms with Crippen molar-refractivity contribution in [1.29, 1.82) is 0 Å². The van der Waals surface area contributed by atoms with Gasteiger partial charge in [0.2, 0.25) is 11.8 Å². The number of amides is 3. The monoisotopic (exact) mass is 630 g/mol. The molecule has 3 amide bonds. The fourth-order valence-electron chi connectivity index (χ4n) is 8.15. The Morgan fingerprint density at radius 1 is 0.826 bits per heavy atom. The van der Waals surface area contributed by atoms with Crippen molar-refractivity contribution in [3.8, 4) is 0 Å². The lowest BCUT2D eigenvalue weighted by atomic mass is 9.67. The van der Waals surface area contributed by atoms with Crippen LogP contribution in [0.4, 0.5) is 13.2 Å². The predicted molar refractivity (Wildman–Crippen MR) is 165 cm³/mol. The number of hydrogen-bond acceptors (Lipinski definition) is 5. The van der Waals surface area contributed by atoms with Crippen LogP contribution in [-0.2, 0) is 35.4 Å². The Morgan fingerprint density at radius 3 is 2.22 bits per heavy atom. The van der Waals surface area contributed by atoms with Crippen LogP contribution in [0.25, 0.3) is 0 Å². The summed E-state index contributed by atoms with van der Waals surface area (Å²) in [4.78, 5) is 44.1. The number of carbonyl (C=O) groups excluding carboxylic acids is 3. The molecule has 0 aromatic heterocycles. The topological polar surface area (TPSA) is 73.0 Å². The summed E-state index contributed by atoms with van der Waals surface area (Å²) in [5, 5.41) is 2.37. The Bertz CT molecular complexity index is 1640. The largest absolute Gasteiger partial charge is 0.416 e. The molecular weight excluding hydrogens is 593 g/mol. The molecule has 0 radical (unpaired) electrons. The van der Waals surface area contributed by atoms with Crippen molar-refractivity contribution in [2.24, 2.45) is 5.41 Å². The summed E-state index contributed by atoms with van der Waals surface area (Å²) in [7, 11) is 0. The number of alkyl halides is 3. The Hall–Kier alpha value is -4.02. The van der Waals surface area contributed by atoms with Crippen molar-refractivity contribution in [2.75, 3.05) is 26.2 Å². The molecule has 0 saturated carbocycles. The fourth-order valence-corrected chi connectivity index (χ4v) is 8.15. The quantitative estimate of drug-likeness (QED) is 0.372. The van der Waals surface area contributed by atoms with Crippen LogP contribution in [-0.4, -0.2) is 64.6 Å². The van der Waals surface area contributed by atoms with Crippen LogP contribution in [0.1, 0.15) is 69.8 Å². The summed E-state index contributed by atoms with van der Waals surface area (Å²) in [6.45, 7) is 5.26. The van der Waals surface area contributed by atoms with E-state index in [1.165, 1.54) is 23.3 Å². The number of nitrogens with zero attached hydrogens (tertiary/aromatic N) is 3. The van der Waals surface area contributed by atoms with Gasteiger partial charge >= 0.3 is 6.18 Å². The number of nitrogens with one attached hydrogen (secondary N) is 1. The Labute approximate surface area is 266 Å². The van der Waals surface area contributed by atoms with Gasteiger partial charge in [-0.05, 0) is 78.7 Å². The molecule has 4 aliphatic rings. The second-order valence-corrected chi connectivity index (χ2v) is 13.4. The highest BCUT2D eigenvalue weighted by atomic mass is 19.4. The summed E-state index contributed by atoms with van der Waals surface area (Å²) < 4.78 is 39.5. The van der Waals surface area contributed by atoms with Gasteiger partial charge in [0.15, 0.2) is 0 Å². The molecule has 4 heterocycles. The first-order valence-electron chi connectivity index (χ1n) is 16.0. The van der Waals surface area contributed by atoms with Crippen molar-refractivity contribution in [2.45, 2.75) is 63.5 Å². The minimum atomic E-state index is -4.35. The van der Waals surface area contributed by atoms with E-state index in [1.54, 1.807) is 17.0 Å². The first-order chi connectivity index (χ1) is 22.1. The highest BCUT2D eigenvalue weighted by molar-refractivity contribution is 6.05. The number of hydrogen-bond donors (Lipinski definition) is 1. The van der Waals surface area contributed by atoms with Gasteiger partial charge in [-0.1, -0.05) is 54.6 Å². The van der Waals surface area contributed by atoms with Crippen LogP contribution in [0.15, 0.2) is 72.8 Å². The molecule has 3 fully saturated rings. The summed E-state index contributed by atoms with van der Waals surface area (Å²) in [5.74, 6) is -0.656. The van der Waals surface area contributed by atoms with Crippen LogP contribution in [0.5, 0.6) is 0 Å². The molecule has 0 aliphatic carbocycles. The molecule has 3 aromatic rings. The van der Waals surface area contributed by atoms with Gasteiger partial charge in [-0.25, -0.2) is 0 Å². The Kier molecular flexibility index (Phi) is 7.97. The molecular formula is C36H37F3N4O3. The zero-order valence-corrected chi connectivity index (χ0v) is 25.6. The second kappa shape index (κ2) is 12.0. The summed E-state index contributed by atoms with van der Waals surface area (Å²) in [6, 6.07) is 21.4. The standard InChI is InChI=1S/C36H37F3N4O3/c37-36(38,39)28-9-6-25(7-10-28)20-41-16-14-30(35(22-41)15-17-42(23-35)19-24-4-2-1-3-5-24)26-8-11-29-27(18-26)21-43(34(29)46)31-12-13-32(44)40-33(31)45/h1-11,18,30-31H,12-17,19-23H2,(H,40,44,45). The average Bonchev–Trinajstić information content (AvgIpc) is 3.57. The lowest BCUT2D eigenvalue weighted by molar-refractivity contribution is -0.138. The first-order valence-corrected chi connectivity index (χ1v) is 16.0. The van der Waals surface area contributed by atoms with E-state index < -0.39 is 23.7 Å². The van der Waals surface area contributed by atoms with Crippen molar-refractivity contribution in [1.82, 2.24) is 20.0 Å². The summed E-state index contributed by atoms with van der Waals surface area (Å²) >= 11 is 0. The lowest BCUT2D eigenvalue weighted by Gasteiger charge is -2.47. The van der Waals surface area contributed by atoms with E-state index in [0.717, 1.165) is 56.7 Å². The van der Waals surface area contributed by atoms with Crippen molar-refractivity contribution in [3.05, 3.63) is 106 Å². The molecule has 3 atom stereocenters. The number of carbonyl (C=O) groups is 3. The molecule has 7 nitrogen and oxygen atoms in total. The van der Waals surface area contributed by atoms with E-state index in [0.29, 0.717) is 25.1 Å². The molecule has 46 heavy (non-hydrogen) atoms. The van der Waals surface area contributed by atoms with Gasteiger partial charge in [-0.3, -0.25) is 29.5 Å². The van der Waals surface area contributed by atoms with Gasteiger partial charge in [0.05, 0.1) is 5.56 Å². The summed E-state index contributed by atoms with van der Waals surface area (Å²) in [6.07, 6.45) is -1.92. The Balaban J connectivity index is 1.13.